The largest absolute Gasteiger partial charge is 0.480 e. The lowest BCUT2D eigenvalue weighted by Crippen LogP contribution is -2.29. The van der Waals surface area contributed by atoms with Gasteiger partial charge in [0.15, 0.2) is 15.5 Å². The van der Waals surface area contributed by atoms with Crippen LogP contribution in [0.4, 0.5) is 0 Å². The summed E-state index contributed by atoms with van der Waals surface area (Å²) in [5, 5.41) is 16.3. The molecule has 9 nitrogen and oxygen atoms in total. The second kappa shape index (κ2) is 6.29. The van der Waals surface area contributed by atoms with Gasteiger partial charge in [-0.05, 0) is 32.3 Å². The summed E-state index contributed by atoms with van der Waals surface area (Å²) in [7, 11) is -3.09. The molecule has 1 aliphatic heterocycles. The van der Waals surface area contributed by atoms with Crippen LogP contribution in [0.25, 0.3) is 11.0 Å². The van der Waals surface area contributed by atoms with Crippen molar-refractivity contribution in [3.63, 3.8) is 0 Å². The molecule has 0 bridgehead atoms. The number of carboxylic acid groups (broad SMARTS) is 1. The summed E-state index contributed by atoms with van der Waals surface area (Å²) in [4.78, 5) is 28.1. The number of fused-ring (bicyclic) bond motifs is 1. The molecule has 1 atom stereocenters. The first kappa shape index (κ1) is 17.9. The van der Waals surface area contributed by atoms with Gasteiger partial charge in [0.2, 0.25) is 0 Å². The number of aliphatic carboxylic acids is 1. The van der Waals surface area contributed by atoms with Gasteiger partial charge in [0.05, 0.1) is 34.2 Å². The number of carbonyl (C=O) groups is 2. The summed E-state index contributed by atoms with van der Waals surface area (Å²) in [6.07, 6.45) is 2.44. The lowest BCUT2D eigenvalue weighted by Gasteiger charge is -2.11. The average molecular weight is 392 g/mol. The summed E-state index contributed by atoms with van der Waals surface area (Å²) in [6, 6.07) is 1.41. The first-order valence-electron chi connectivity index (χ1n) is 8.85. The van der Waals surface area contributed by atoms with E-state index in [9.17, 15) is 18.0 Å². The third kappa shape index (κ3) is 3.41. The van der Waals surface area contributed by atoms with E-state index >= 15 is 0 Å². The smallest absolute Gasteiger partial charge is 0.322 e. The number of carbonyl (C=O) groups excluding carboxylic acids is 1. The minimum Gasteiger partial charge on any atom is -0.480 e. The van der Waals surface area contributed by atoms with Crippen LogP contribution in [0, 0.1) is 6.92 Å². The molecule has 0 spiro atoms. The van der Waals surface area contributed by atoms with Crippen molar-refractivity contribution in [2.45, 2.75) is 38.1 Å². The molecule has 1 saturated carbocycles. The van der Waals surface area contributed by atoms with Crippen LogP contribution in [0.1, 0.15) is 53.0 Å². The fourth-order valence-corrected chi connectivity index (χ4v) is 5.27. The van der Waals surface area contributed by atoms with Gasteiger partial charge < -0.3 is 10.4 Å². The van der Waals surface area contributed by atoms with E-state index in [2.05, 4.69) is 10.4 Å². The Labute approximate surface area is 155 Å². The molecular weight excluding hydrogens is 372 g/mol. The lowest BCUT2D eigenvalue weighted by molar-refractivity contribution is -0.135. The number of nitrogens with one attached hydrogen (secondary N) is 1. The van der Waals surface area contributed by atoms with Gasteiger partial charge >= 0.3 is 5.97 Å². The van der Waals surface area contributed by atoms with E-state index in [1.165, 1.54) is 0 Å². The van der Waals surface area contributed by atoms with Crippen molar-refractivity contribution < 1.29 is 23.1 Å². The van der Waals surface area contributed by atoms with Crippen LogP contribution < -0.4 is 5.32 Å². The number of amides is 1. The fourth-order valence-electron chi connectivity index (χ4n) is 3.57. The van der Waals surface area contributed by atoms with Gasteiger partial charge in [-0.25, -0.2) is 18.1 Å². The molecule has 2 aromatic heterocycles. The number of aromatic nitrogens is 3. The topological polar surface area (TPSA) is 131 Å². The van der Waals surface area contributed by atoms with E-state index in [1.54, 1.807) is 17.7 Å². The minimum atomic E-state index is -3.09. The van der Waals surface area contributed by atoms with Crippen molar-refractivity contribution in [2.24, 2.45) is 0 Å². The third-order valence-corrected chi connectivity index (χ3v) is 6.80. The molecule has 1 amide bonds. The number of aryl methyl sites for hydroxylation is 1. The number of hydrogen-bond acceptors (Lipinski definition) is 6. The lowest BCUT2D eigenvalue weighted by atomic mass is 10.1. The van der Waals surface area contributed by atoms with Crippen LogP contribution in [0.15, 0.2) is 6.07 Å². The van der Waals surface area contributed by atoms with E-state index in [4.69, 9.17) is 10.1 Å². The van der Waals surface area contributed by atoms with Gasteiger partial charge in [-0.2, -0.15) is 5.10 Å². The highest BCUT2D eigenvalue weighted by Crippen LogP contribution is 2.41. The summed E-state index contributed by atoms with van der Waals surface area (Å²) in [5.41, 5.74) is 2.18. The monoisotopic (exact) mass is 392 g/mol. The molecule has 2 N–H and O–H groups in total. The van der Waals surface area contributed by atoms with E-state index in [1.807, 2.05) is 0 Å². The maximum Gasteiger partial charge on any atom is 0.322 e. The molecule has 3 heterocycles. The Balaban J connectivity index is 1.83. The van der Waals surface area contributed by atoms with Crippen LogP contribution in [-0.4, -0.2) is 58.2 Å². The molecule has 1 unspecified atom stereocenters. The van der Waals surface area contributed by atoms with Gasteiger partial charge in [-0.15, -0.1) is 0 Å². The van der Waals surface area contributed by atoms with Crippen LogP contribution in [0.5, 0.6) is 0 Å². The highest BCUT2D eigenvalue weighted by Gasteiger charge is 2.34. The number of carboxylic acids is 1. The van der Waals surface area contributed by atoms with Crippen LogP contribution >= 0.6 is 0 Å². The van der Waals surface area contributed by atoms with Crippen molar-refractivity contribution in [1.29, 1.82) is 0 Å². The van der Waals surface area contributed by atoms with Gasteiger partial charge in [-0.3, -0.25) is 9.59 Å². The Morgan fingerprint density at radius 1 is 1.33 bits per heavy atom. The van der Waals surface area contributed by atoms with E-state index < -0.39 is 28.3 Å². The molecule has 2 aliphatic rings. The molecular formula is C17H20N4O5S. The normalized spacial score (nSPS) is 21.4. The zero-order valence-corrected chi connectivity index (χ0v) is 15.6. The Kier molecular flexibility index (Phi) is 4.17. The molecule has 1 saturated heterocycles. The second-order valence-corrected chi connectivity index (χ2v) is 9.46. The zero-order valence-electron chi connectivity index (χ0n) is 14.8. The molecule has 144 valence electrons. The van der Waals surface area contributed by atoms with Crippen molar-refractivity contribution in [3.8, 4) is 0 Å². The Morgan fingerprint density at radius 3 is 2.67 bits per heavy atom. The third-order valence-electron chi connectivity index (χ3n) is 5.05. The molecule has 0 radical (unpaired) electrons. The standard InChI is InChI=1S/C17H20N4O5S/c1-9-15-12(17(24)18-7-14(22)23)6-13(10-2-3-10)19-16(15)21(20-9)11-4-5-27(25,26)8-11/h6,10-11H,2-5,7-8H2,1H3,(H,18,24)(H,22,23). The van der Waals surface area contributed by atoms with Crippen LogP contribution in [0.2, 0.25) is 0 Å². The van der Waals surface area contributed by atoms with E-state index in [0.717, 1.165) is 18.5 Å². The van der Waals surface area contributed by atoms with Crippen molar-refractivity contribution in [3.05, 3.63) is 23.0 Å². The van der Waals surface area contributed by atoms with Crippen LogP contribution in [-0.2, 0) is 14.6 Å². The molecule has 1 aliphatic carbocycles. The maximum absolute atomic E-state index is 12.6. The maximum atomic E-state index is 12.6. The Bertz CT molecular complexity index is 1050. The Morgan fingerprint density at radius 2 is 2.07 bits per heavy atom. The summed E-state index contributed by atoms with van der Waals surface area (Å²) >= 11 is 0. The van der Waals surface area contributed by atoms with Crippen molar-refractivity contribution in [2.75, 3.05) is 18.1 Å². The minimum absolute atomic E-state index is 0.0130. The molecule has 10 heteroatoms. The first-order valence-corrected chi connectivity index (χ1v) is 10.7. The highest BCUT2D eigenvalue weighted by molar-refractivity contribution is 7.91. The Hall–Kier alpha value is -2.49. The van der Waals surface area contributed by atoms with Crippen LogP contribution in [0.3, 0.4) is 0 Å². The van der Waals surface area contributed by atoms with E-state index in [0.29, 0.717) is 28.7 Å². The predicted molar refractivity (Wildman–Crippen MR) is 96.5 cm³/mol. The second-order valence-electron chi connectivity index (χ2n) is 7.23. The number of sulfone groups is 1. The van der Waals surface area contributed by atoms with Crippen molar-refractivity contribution in [1.82, 2.24) is 20.1 Å². The van der Waals surface area contributed by atoms with Gasteiger partial charge in [0, 0.05) is 11.6 Å². The number of pyridine rings is 1. The first-order chi connectivity index (χ1) is 12.7. The SMILES string of the molecule is Cc1nn(C2CCS(=O)(=O)C2)c2nc(C3CC3)cc(C(=O)NCC(=O)O)c12. The fraction of sp³-hybridized carbons (Fsp3) is 0.529. The van der Waals surface area contributed by atoms with Gasteiger partial charge in [0.1, 0.15) is 6.54 Å². The molecule has 27 heavy (non-hydrogen) atoms. The summed E-state index contributed by atoms with van der Waals surface area (Å²) in [5.74, 6) is -1.21. The number of rotatable bonds is 5. The molecule has 2 aromatic rings. The zero-order chi connectivity index (χ0) is 19.3. The van der Waals surface area contributed by atoms with Gasteiger partial charge in [-0.1, -0.05) is 0 Å². The number of nitrogens with zero attached hydrogens (tertiary/aromatic N) is 3. The molecule has 2 fully saturated rings. The summed E-state index contributed by atoms with van der Waals surface area (Å²) < 4.78 is 25.4. The quantitative estimate of drug-likeness (QED) is 0.769. The highest BCUT2D eigenvalue weighted by atomic mass is 32.2. The van der Waals surface area contributed by atoms with Gasteiger partial charge in [0.25, 0.3) is 5.91 Å². The predicted octanol–water partition coefficient (Wildman–Crippen LogP) is 0.791. The average Bonchev–Trinajstić information content (AvgIpc) is 3.32. The molecule has 4 rings (SSSR count). The molecule has 0 aromatic carbocycles. The number of hydrogen-bond donors (Lipinski definition) is 2. The van der Waals surface area contributed by atoms with Crippen molar-refractivity contribution >= 4 is 32.7 Å². The summed E-state index contributed by atoms with van der Waals surface area (Å²) in [6.45, 7) is 1.27. The van der Waals surface area contributed by atoms with E-state index in [-0.39, 0.29) is 23.5 Å².